The minimum Gasteiger partial charge on any atom is -0.503 e. The van der Waals surface area contributed by atoms with E-state index in [1.165, 1.54) is 12.0 Å². The average molecular weight is 484 g/mol. The second-order valence-corrected chi connectivity index (χ2v) is 8.41. The molecule has 0 fully saturated rings. The Labute approximate surface area is 208 Å². The number of hydrogen-bond acceptors (Lipinski definition) is 6. The number of aliphatic hydroxyl groups excluding tert-OH is 1. The van der Waals surface area contributed by atoms with E-state index in [1.54, 1.807) is 36.4 Å². The number of fused-ring (bicyclic) bond motifs is 1. The van der Waals surface area contributed by atoms with Crippen LogP contribution in [0, 0.1) is 0 Å². The maximum atomic E-state index is 13.8. The number of para-hydroxylation sites is 1. The number of aliphatic hydroxyl groups is 1. The van der Waals surface area contributed by atoms with Crippen molar-refractivity contribution < 1.29 is 28.6 Å². The van der Waals surface area contributed by atoms with Crippen molar-refractivity contribution in [1.29, 1.82) is 0 Å². The van der Waals surface area contributed by atoms with Gasteiger partial charge in [-0.05, 0) is 42.3 Å². The van der Waals surface area contributed by atoms with Gasteiger partial charge in [0.2, 0.25) is 5.78 Å². The van der Waals surface area contributed by atoms with Gasteiger partial charge in [-0.2, -0.15) is 0 Å². The van der Waals surface area contributed by atoms with Crippen LogP contribution in [0.25, 0.3) is 11.0 Å². The lowest BCUT2D eigenvalue weighted by atomic mass is 9.94. The summed E-state index contributed by atoms with van der Waals surface area (Å²) in [6, 6.07) is 22.7. The number of furan rings is 1. The number of carbonyl (C=O) groups excluding carboxylic acids is 2. The normalized spacial score (nSPS) is 15.6. The second-order valence-electron chi connectivity index (χ2n) is 8.41. The molecule has 182 valence electrons. The van der Waals surface area contributed by atoms with Gasteiger partial charge < -0.3 is 23.9 Å². The summed E-state index contributed by atoms with van der Waals surface area (Å²) < 4.78 is 16.9. The second kappa shape index (κ2) is 9.62. The van der Waals surface area contributed by atoms with Gasteiger partial charge in [0.05, 0.1) is 25.3 Å². The number of rotatable bonds is 8. The zero-order valence-electron chi connectivity index (χ0n) is 19.9. The van der Waals surface area contributed by atoms with E-state index in [0.29, 0.717) is 34.6 Å². The summed E-state index contributed by atoms with van der Waals surface area (Å²) in [7, 11) is 1.52. The molecule has 1 atom stereocenters. The molecule has 0 radical (unpaired) electrons. The molecule has 0 bridgehead atoms. The minimum absolute atomic E-state index is 0.0105. The molecule has 4 aromatic rings. The highest BCUT2D eigenvalue weighted by Gasteiger charge is 2.44. The highest BCUT2D eigenvalue weighted by atomic mass is 16.5. The van der Waals surface area contributed by atoms with Crippen LogP contribution in [-0.2, 0) is 11.3 Å². The van der Waals surface area contributed by atoms with Gasteiger partial charge in [-0.1, -0.05) is 54.6 Å². The molecule has 0 aliphatic carbocycles. The first kappa shape index (κ1) is 23.2. The molecule has 7 heteroatoms. The third-order valence-electron chi connectivity index (χ3n) is 6.18. The smallest absolute Gasteiger partial charge is 0.290 e. The molecule has 7 nitrogen and oxygen atoms in total. The molecule has 1 aromatic heterocycles. The van der Waals surface area contributed by atoms with E-state index in [1.807, 2.05) is 49.4 Å². The van der Waals surface area contributed by atoms with Gasteiger partial charge in [0.15, 0.2) is 22.9 Å². The van der Waals surface area contributed by atoms with Crippen LogP contribution in [0.3, 0.4) is 0 Å². The van der Waals surface area contributed by atoms with E-state index >= 15 is 0 Å². The topological polar surface area (TPSA) is 89.2 Å². The van der Waals surface area contributed by atoms with Crippen LogP contribution < -0.4 is 9.47 Å². The summed E-state index contributed by atoms with van der Waals surface area (Å²) in [6.07, 6.45) is 0. The Hall–Kier alpha value is -4.52. The Balaban J connectivity index is 1.61. The van der Waals surface area contributed by atoms with Crippen LogP contribution in [0.4, 0.5) is 0 Å². The number of ketones is 1. The lowest BCUT2D eigenvalue weighted by Crippen LogP contribution is -2.30. The van der Waals surface area contributed by atoms with Crippen LogP contribution in [0.2, 0.25) is 0 Å². The van der Waals surface area contributed by atoms with E-state index < -0.39 is 23.5 Å². The van der Waals surface area contributed by atoms with Gasteiger partial charge in [0.1, 0.15) is 5.75 Å². The first-order chi connectivity index (χ1) is 17.5. The van der Waals surface area contributed by atoms with E-state index in [9.17, 15) is 14.7 Å². The Morgan fingerprint density at radius 3 is 2.56 bits per heavy atom. The van der Waals surface area contributed by atoms with E-state index in [2.05, 4.69) is 0 Å². The van der Waals surface area contributed by atoms with E-state index in [0.717, 1.165) is 5.56 Å². The molecule has 1 unspecified atom stereocenters. The Morgan fingerprint density at radius 1 is 1.03 bits per heavy atom. The molecular formula is C29H25NO6. The summed E-state index contributed by atoms with van der Waals surface area (Å²) in [5.74, 6) is -0.677. The molecule has 3 aromatic carbocycles. The fraction of sp³-hybridized carbons (Fsp3) is 0.172. The van der Waals surface area contributed by atoms with Gasteiger partial charge in [-0.25, -0.2) is 0 Å². The highest BCUT2D eigenvalue weighted by molar-refractivity contribution is 6.16. The lowest BCUT2D eigenvalue weighted by molar-refractivity contribution is -0.130. The van der Waals surface area contributed by atoms with Gasteiger partial charge in [-0.15, -0.1) is 0 Å². The summed E-state index contributed by atoms with van der Waals surface area (Å²) in [5.41, 5.74) is 1.89. The number of nitrogens with zero attached hydrogens (tertiary/aromatic N) is 1. The SMILES string of the molecule is CCOc1cccc(C2C(C(=O)c3cc4cccc(OC)c4o3)=C(O)C(=O)N2Cc2ccccc2)c1. The van der Waals surface area contributed by atoms with Crippen molar-refractivity contribution in [1.82, 2.24) is 4.90 Å². The van der Waals surface area contributed by atoms with Gasteiger partial charge >= 0.3 is 0 Å². The summed E-state index contributed by atoms with van der Waals surface area (Å²) >= 11 is 0. The monoisotopic (exact) mass is 483 g/mol. The maximum Gasteiger partial charge on any atom is 0.290 e. The fourth-order valence-corrected chi connectivity index (χ4v) is 4.56. The van der Waals surface area contributed by atoms with Gasteiger partial charge in [-0.3, -0.25) is 9.59 Å². The standard InChI is InChI=1S/C29H25NO6/c1-3-35-21-13-7-11-19(15-21)25-24(27(32)29(33)30(25)17-18-9-5-4-6-10-18)26(31)23-16-20-12-8-14-22(34-2)28(20)36-23/h4-16,25,32H,3,17H2,1-2H3. The first-order valence-electron chi connectivity index (χ1n) is 11.6. The number of Topliss-reactive ketones (excluding diaryl/α,β-unsaturated/α-hetero) is 1. The van der Waals surface area contributed by atoms with Crippen LogP contribution in [-0.4, -0.2) is 35.4 Å². The Kier molecular flexibility index (Phi) is 6.21. The van der Waals surface area contributed by atoms with Gasteiger partial charge in [0.25, 0.3) is 5.91 Å². The molecule has 1 aliphatic rings. The Bertz CT molecular complexity index is 1470. The molecule has 1 amide bonds. The lowest BCUT2D eigenvalue weighted by Gasteiger charge is -2.27. The van der Waals surface area contributed by atoms with Crippen LogP contribution in [0.5, 0.6) is 11.5 Å². The maximum absolute atomic E-state index is 13.8. The number of ether oxygens (including phenoxy) is 2. The fourth-order valence-electron chi connectivity index (χ4n) is 4.56. The summed E-state index contributed by atoms with van der Waals surface area (Å²) in [5, 5.41) is 11.7. The van der Waals surface area contributed by atoms with Crippen molar-refractivity contribution in [2.75, 3.05) is 13.7 Å². The van der Waals surface area contributed by atoms with Crippen molar-refractivity contribution in [2.24, 2.45) is 0 Å². The third-order valence-corrected chi connectivity index (χ3v) is 6.18. The number of hydrogen-bond donors (Lipinski definition) is 1. The van der Waals surface area contributed by atoms with Crippen LogP contribution in [0.1, 0.15) is 34.6 Å². The highest BCUT2D eigenvalue weighted by Crippen LogP contribution is 2.41. The van der Waals surface area contributed by atoms with E-state index in [-0.39, 0.29) is 17.9 Å². The van der Waals surface area contributed by atoms with Crippen molar-refractivity contribution in [3.05, 3.63) is 107 Å². The number of methoxy groups -OCH3 is 1. The average Bonchev–Trinajstić information content (AvgIpc) is 3.44. The van der Waals surface area contributed by atoms with Crippen LogP contribution in [0.15, 0.2) is 94.6 Å². The molecule has 5 rings (SSSR count). The Morgan fingerprint density at radius 2 is 1.81 bits per heavy atom. The summed E-state index contributed by atoms with van der Waals surface area (Å²) in [4.78, 5) is 28.6. The number of carbonyl (C=O) groups is 2. The van der Waals surface area contributed by atoms with Crippen molar-refractivity contribution >= 4 is 22.7 Å². The number of benzene rings is 3. The predicted molar refractivity (Wildman–Crippen MR) is 134 cm³/mol. The third kappa shape index (κ3) is 4.09. The molecular weight excluding hydrogens is 458 g/mol. The molecule has 0 saturated carbocycles. The zero-order chi connectivity index (χ0) is 25.2. The zero-order valence-corrected chi connectivity index (χ0v) is 19.9. The van der Waals surface area contributed by atoms with Crippen molar-refractivity contribution in [3.8, 4) is 11.5 Å². The van der Waals surface area contributed by atoms with Crippen molar-refractivity contribution in [3.63, 3.8) is 0 Å². The largest absolute Gasteiger partial charge is 0.503 e. The molecule has 1 N–H and O–H groups in total. The molecule has 0 saturated heterocycles. The quantitative estimate of drug-likeness (QED) is 0.327. The summed E-state index contributed by atoms with van der Waals surface area (Å²) in [6.45, 7) is 2.55. The number of amides is 1. The van der Waals surface area contributed by atoms with Crippen LogP contribution >= 0.6 is 0 Å². The van der Waals surface area contributed by atoms with Gasteiger partial charge in [0, 0.05) is 11.9 Å². The molecule has 0 spiro atoms. The van der Waals surface area contributed by atoms with Crippen molar-refractivity contribution in [2.45, 2.75) is 19.5 Å². The first-order valence-corrected chi connectivity index (χ1v) is 11.6. The molecule has 1 aliphatic heterocycles. The molecule has 2 heterocycles. The predicted octanol–water partition coefficient (Wildman–Crippen LogP) is 5.62. The van der Waals surface area contributed by atoms with E-state index in [4.69, 9.17) is 13.9 Å². The molecule has 36 heavy (non-hydrogen) atoms. The minimum atomic E-state index is -0.833.